The van der Waals surface area contributed by atoms with Crippen LogP contribution in [0.4, 0.5) is 0 Å². The SMILES string of the molecule is COc1cc(C[NH2+][C@@H](C)c2ccccc2)cc(Cl)c1OCc1ccccc1. The maximum absolute atomic E-state index is 6.49. The number of halogens is 1. The molecule has 0 radical (unpaired) electrons. The summed E-state index contributed by atoms with van der Waals surface area (Å²) in [6, 6.07) is 24.8. The van der Waals surface area contributed by atoms with Gasteiger partial charge in [-0.3, -0.25) is 0 Å². The highest BCUT2D eigenvalue weighted by molar-refractivity contribution is 6.32. The Morgan fingerprint density at radius 2 is 1.59 bits per heavy atom. The standard InChI is InChI=1S/C23H24ClNO2/c1-17(20-11-7-4-8-12-20)25-15-19-13-21(24)23(22(14-19)26-2)27-16-18-9-5-3-6-10-18/h3-14,17,25H,15-16H2,1-2H3/p+1/t17-/m0/s1. The lowest BCUT2D eigenvalue weighted by atomic mass is 10.1. The summed E-state index contributed by atoms with van der Waals surface area (Å²) in [4.78, 5) is 0. The lowest BCUT2D eigenvalue weighted by Crippen LogP contribution is -2.83. The Kier molecular flexibility index (Phi) is 6.74. The largest absolute Gasteiger partial charge is 0.493 e. The second-order valence-corrected chi connectivity index (χ2v) is 6.93. The maximum atomic E-state index is 6.49. The van der Waals surface area contributed by atoms with Crippen LogP contribution in [0.25, 0.3) is 0 Å². The highest BCUT2D eigenvalue weighted by Gasteiger charge is 2.14. The van der Waals surface area contributed by atoms with E-state index in [-0.39, 0.29) is 0 Å². The average Bonchev–Trinajstić information content (AvgIpc) is 2.72. The molecule has 3 aromatic carbocycles. The lowest BCUT2D eigenvalue weighted by molar-refractivity contribution is -0.707. The number of ether oxygens (including phenoxy) is 2. The Hall–Kier alpha value is -2.49. The van der Waals surface area contributed by atoms with Crippen molar-refractivity contribution in [3.63, 3.8) is 0 Å². The molecule has 0 spiro atoms. The molecule has 0 saturated carbocycles. The molecule has 3 aromatic rings. The zero-order chi connectivity index (χ0) is 19.1. The summed E-state index contributed by atoms with van der Waals surface area (Å²) in [6.45, 7) is 3.46. The first-order valence-electron chi connectivity index (χ1n) is 9.08. The number of benzene rings is 3. The Balaban J connectivity index is 1.68. The third kappa shape index (κ3) is 5.25. The predicted octanol–water partition coefficient (Wildman–Crippen LogP) is 4.75. The number of hydrogen-bond acceptors (Lipinski definition) is 2. The van der Waals surface area contributed by atoms with Gasteiger partial charge in [0, 0.05) is 11.1 Å². The fourth-order valence-corrected chi connectivity index (χ4v) is 3.25. The molecule has 0 aromatic heterocycles. The van der Waals surface area contributed by atoms with Crippen molar-refractivity contribution < 1.29 is 14.8 Å². The van der Waals surface area contributed by atoms with Crippen molar-refractivity contribution in [3.05, 3.63) is 94.5 Å². The van der Waals surface area contributed by atoms with E-state index >= 15 is 0 Å². The van der Waals surface area contributed by atoms with E-state index in [1.165, 1.54) is 5.56 Å². The van der Waals surface area contributed by atoms with Crippen molar-refractivity contribution in [1.29, 1.82) is 0 Å². The molecule has 0 aliphatic carbocycles. The lowest BCUT2D eigenvalue weighted by Gasteiger charge is -2.15. The van der Waals surface area contributed by atoms with Crippen LogP contribution in [0.15, 0.2) is 72.8 Å². The summed E-state index contributed by atoms with van der Waals surface area (Å²) in [6.07, 6.45) is 0. The van der Waals surface area contributed by atoms with Gasteiger partial charge in [0.2, 0.25) is 0 Å². The number of hydrogen-bond donors (Lipinski definition) is 1. The molecule has 1 atom stereocenters. The molecule has 4 heteroatoms. The molecule has 0 heterocycles. The van der Waals surface area contributed by atoms with Gasteiger partial charge in [0.05, 0.1) is 12.1 Å². The van der Waals surface area contributed by atoms with Gasteiger partial charge in [-0.1, -0.05) is 72.3 Å². The summed E-state index contributed by atoms with van der Waals surface area (Å²) in [5.41, 5.74) is 3.50. The predicted molar refractivity (Wildman–Crippen MR) is 109 cm³/mol. The molecular formula is C23H25ClNO2+. The molecule has 27 heavy (non-hydrogen) atoms. The molecule has 3 nitrogen and oxygen atoms in total. The van der Waals surface area contributed by atoms with E-state index < -0.39 is 0 Å². The van der Waals surface area contributed by atoms with Crippen LogP contribution in [0.3, 0.4) is 0 Å². The van der Waals surface area contributed by atoms with E-state index in [2.05, 4.69) is 36.5 Å². The first kappa shape index (κ1) is 19.3. The first-order valence-corrected chi connectivity index (χ1v) is 9.46. The summed E-state index contributed by atoms with van der Waals surface area (Å²) in [7, 11) is 1.64. The van der Waals surface area contributed by atoms with Gasteiger partial charge in [-0.15, -0.1) is 0 Å². The van der Waals surface area contributed by atoms with Crippen molar-refractivity contribution in [2.24, 2.45) is 0 Å². The molecule has 0 unspecified atom stereocenters. The van der Waals surface area contributed by atoms with Crippen molar-refractivity contribution in [1.82, 2.24) is 0 Å². The zero-order valence-corrected chi connectivity index (χ0v) is 16.4. The van der Waals surface area contributed by atoms with Crippen LogP contribution in [-0.4, -0.2) is 7.11 Å². The van der Waals surface area contributed by atoms with Crippen LogP contribution in [-0.2, 0) is 13.2 Å². The second-order valence-electron chi connectivity index (χ2n) is 6.52. The Morgan fingerprint density at radius 3 is 2.26 bits per heavy atom. The second kappa shape index (κ2) is 9.45. The van der Waals surface area contributed by atoms with Gasteiger partial charge in [0.1, 0.15) is 19.2 Å². The third-order valence-electron chi connectivity index (χ3n) is 4.55. The van der Waals surface area contributed by atoms with Gasteiger partial charge in [-0.05, 0) is 24.6 Å². The molecule has 0 saturated heterocycles. The summed E-state index contributed by atoms with van der Waals surface area (Å²) < 4.78 is 11.5. The Labute approximate surface area is 165 Å². The highest BCUT2D eigenvalue weighted by atomic mass is 35.5. The van der Waals surface area contributed by atoms with Crippen LogP contribution in [0.2, 0.25) is 5.02 Å². The normalized spacial score (nSPS) is 11.8. The molecule has 0 amide bonds. The van der Waals surface area contributed by atoms with E-state index in [0.29, 0.717) is 29.2 Å². The van der Waals surface area contributed by atoms with E-state index in [0.717, 1.165) is 17.7 Å². The third-order valence-corrected chi connectivity index (χ3v) is 4.83. The minimum atomic E-state index is 0.366. The van der Waals surface area contributed by atoms with Crippen LogP contribution >= 0.6 is 11.6 Å². The molecule has 0 aliphatic rings. The minimum absolute atomic E-state index is 0.366. The quantitative estimate of drug-likeness (QED) is 0.610. The summed E-state index contributed by atoms with van der Waals surface area (Å²) in [5.74, 6) is 1.25. The van der Waals surface area contributed by atoms with E-state index in [9.17, 15) is 0 Å². The van der Waals surface area contributed by atoms with E-state index in [1.807, 2.05) is 48.5 Å². The summed E-state index contributed by atoms with van der Waals surface area (Å²) in [5, 5.41) is 2.85. The topological polar surface area (TPSA) is 35.1 Å². The molecule has 3 rings (SSSR count). The monoisotopic (exact) mass is 382 g/mol. The molecule has 0 bridgehead atoms. The van der Waals surface area contributed by atoms with Crippen molar-refractivity contribution in [3.8, 4) is 11.5 Å². The van der Waals surface area contributed by atoms with E-state index in [4.69, 9.17) is 21.1 Å². The maximum Gasteiger partial charge on any atom is 0.180 e. The zero-order valence-electron chi connectivity index (χ0n) is 15.7. The molecule has 0 fully saturated rings. The van der Waals surface area contributed by atoms with Crippen LogP contribution in [0.5, 0.6) is 11.5 Å². The van der Waals surface area contributed by atoms with E-state index in [1.54, 1.807) is 7.11 Å². The smallest absolute Gasteiger partial charge is 0.180 e. The van der Waals surface area contributed by atoms with Crippen molar-refractivity contribution in [2.45, 2.75) is 26.1 Å². The van der Waals surface area contributed by atoms with Gasteiger partial charge in [0.25, 0.3) is 0 Å². The van der Waals surface area contributed by atoms with Gasteiger partial charge in [-0.25, -0.2) is 0 Å². The van der Waals surface area contributed by atoms with Crippen molar-refractivity contribution in [2.75, 3.05) is 7.11 Å². The number of rotatable bonds is 8. The Morgan fingerprint density at radius 1 is 0.926 bits per heavy atom. The highest BCUT2D eigenvalue weighted by Crippen LogP contribution is 2.36. The molecule has 140 valence electrons. The average molecular weight is 383 g/mol. The molecule has 2 N–H and O–H groups in total. The molecular weight excluding hydrogens is 358 g/mol. The fraction of sp³-hybridized carbons (Fsp3) is 0.217. The van der Waals surface area contributed by atoms with Crippen molar-refractivity contribution >= 4 is 11.6 Å². The Bertz CT molecular complexity index is 853. The van der Waals surface area contributed by atoms with Gasteiger partial charge in [0.15, 0.2) is 11.5 Å². The minimum Gasteiger partial charge on any atom is -0.493 e. The van der Waals surface area contributed by atoms with Gasteiger partial charge < -0.3 is 14.8 Å². The number of methoxy groups -OCH3 is 1. The number of nitrogens with two attached hydrogens (primary N) is 1. The fourth-order valence-electron chi connectivity index (χ4n) is 2.97. The summed E-state index contributed by atoms with van der Waals surface area (Å²) >= 11 is 6.49. The number of quaternary nitrogens is 1. The van der Waals surface area contributed by atoms with Crippen LogP contribution < -0.4 is 14.8 Å². The van der Waals surface area contributed by atoms with Crippen LogP contribution in [0, 0.1) is 0 Å². The first-order chi connectivity index (χ1) is 13.2. The molecule has 0 aliphatic heterocycles. The van der Waals surface area contributed by atoms with Crippen LogP contribution in [0.1, 0.15) is 29.7 Å². The van der Waals surface area contributed by atoms with Gasteiger partial charge >= 0.3 is 0 Å². The van der Waals surface area contributed by atoms with Gasteiger partial charge in [-0.2, -0.15) is 0 Å².